The molecule has 1 saturated carbocycles. The fourth-order valence-electron chi connectivity index (χ4n) is 4.12. The smallest absolute Gasteiger partial charge is 0.338 e. The molecule has 1 aliphatic heterocycles. The van der Waals surface area contributed by atoms with E-state index in [1.165, 1.54) is 16.4 Å². The van der Waals surface area contributed by atoms with Crippen LogP contribution >= 0.6 is 0 Å². The number of carboxylic acids is 1. The van der Waals surface area contributed by atoms with Gasteiger partial charge in [0.1, 0.15) is 0 Å². The lowest BCUT2D eigenvalue weighted by Gasteiger charge is -2.23. The molecule has 0 radical (unpaired) electrons. The maximum Gasteiger partial charge on any atom is 0.338 e. The maximum absolute atomic E-state index is 13.1. The number of rotatable bonds is 5. The molecule has 1 aromatic rings. The van der Waals surface area contributed by atoms with Crippen molar-refractivity contribution in [1.29, 1.82) is 0 Å². The largest absolute Gasteiger partial charge is 0.481 e. The second-order valence-corrected chi connectivity index (χ2v) is 8.98. The van der Waals surface area contributed by atoms with Crippen LogP contribution in [0.5, 0.6) is 0 Å². The van der Waals surface area contributed by atoms with Crippen molar-refractivity contribution >= 4 is 22.0 Å². The Morgan fingerprint density at radius 3 is 2.73 bits per heavy atom. The molecule has 1 N–H and O–H groups in total. The molecule has 1 aliphatic carbocycles. The first kappa shape index (κ1) is 18.8. The first-order valence-corrected chi connectivity index (χ1v) is 10.2. The third-order valence-electron chi connectivity index (χ3n) is 5.61. The summed E-state index contributed by atoms with van der Waals surface area (Å²) in [4.78, 5) is 23.8. The molecule has 0 unspecified atom stereocenters. The summed E-state index contributed by atoms with van der Waals surface area (Å²) in [6.45, 7) is 3.78. The van der Waals surface area contributed by atoms with Crippen molar-refractivity contribution in [3.05, 3.63) is 29.3 Å². The number of carbonyl (C=O) groups excluding carboxylic acids is 1. The first-order valence-electron chi connectivity index (χ1n) is 8.73. The number of esters is 1. The van der Waals surface area contributed by atoms with Gasteiger partial charge >= 0.3 is 11.9 Å². The van der Waals surface area contributed by atoms with Crippen molar-refractivity contribution in [2.45, 2.75) is 38.0 Å². The van der Waals surface area contributed by atoms with E-state index in [2.05, 4.69) is 0 Å². The molecule has 8 heteroatoms. The van der Waals surface area contributed by atoms with Gasteiger partial charge in [0.2, 0.25) is 10.0 Å². The summed E-state index contributed by atoms with van der Waals surface area (Å²) in [6, 6.07) is 4.35. The van der Waals surface area contributed by atoms with Crippen LogP contribution < -0.4 is 0 Å². The minimum atomic E-state index is -3.88. The SMILES string of the molecule is CCOC(=O)c1cc(S(=O)(=O)N2C[C@@H]3CCC[C@@]3(C(=O)O)C2)ccc1C. The number of carboxylic acid groups (broad SMARTS) is 1. The van der Waals surface area contributed by atoms with E-state index in [1.54, 1.807) is 19.9 Å². The predicted octanol–water partition coefficient (Wildman–Crippen LogP) is 2.05. The zero-order chi connectivity index (χ0) is 19.1. The van der Waals surface area contributed by atoms with Gasteiger partial charge in [-0.15, -0.1) is 0 Å². The van der Waals surface area contributed by atoms with Crippen LogP contribution in [-0.4, -0.2) is 49.5 Å². The number of hydrogen-bond donors (Lipinski definition) is 1. The number of benzene rings is 1. The Labute approximate surface area is 153 Å². The molecule has 2 aliphatic rings. The molecule has 26 heavy (non-hydrogen) atoms. The number of fused-ring (bicyclic) bond motifs is 1. The van der Waals surface area contributed by atoms with Crippen LogP contribution in [0.1, 0.15) is 42.1 Å². The molecular weight excluding hydrogens is 358 g/mol. The normalized spacial score (nSPS) is 25.8. The summed E-state index contributed by atoms with van der Waals surface area (Å²) in [5.74, 6) is -1.65. The Balaban J connectivity index is 1.93. The van der Waals surface area contributed by atoms with Crippen LogP contribution in [0.15, 0.2) is 23.1 Å². The van der Waals surface area contributed by atoms with Crippen molar-refractivity contribution in [2.24, 2.45) is 11.3 Å². The minimum Gasteiger partial charge on any atom is -0.481 e. The second-order valence-electron chi connectivity index (χ2n) is 7.05. The second kappa shape index (κ2) is 6.66. The molecule has 142 valence electrons. The average Bonchev–Trinajstić information content (AvgIpc) is 3.13. The molecule has 0 spiro atoms. The van der Waals surface area contributed by atoms with E-state index in [0.717, 1.165) is 12.8 Å². The van der Waals surface area contributed by atoms with Crippen LogP contribution in [0, 0.1) is 18.3 Å². The van der Waals surface area contributed by atoms with E-state index in [-0.39, 0.29) is 36.1 Å². The molecule has 2 atom stereocenters. The highest BCUT2D eigenvalue weighted by Crippen LogP contribution is 2.50. The van der Waals surface area contributed by atoms with Gasteiger partial charge in [0, 0.05) is 13.1 Å². The lowest BCUT2D eigenvalue weighted by Crippen LogP contribution is -2.37. The predicted molar refractivity (Wildman–Crippen MR) is 93.3 cm³/mol. The van der Waals surface area contributed by atoms with E-state index >= 15 is 0 Å². The lowest BCUT2D eigenvalue weighted by molar-refractivity contribution is -0.149. The van der Waals surface area contributed by atoms with Gasteiger partial charge in [-0.05, 0) is 50.3 Å². The van der Waals surface area contributed by atoms with Crippen molar-refractivity contribution in [3.63, 3.8) is 0 Å². The third kappa shape index (κ3) is 2.91. The Morgan fingerprint density at radius 2 is 2.12 bits per heavy atom. The number of carbonyl (C=O) groups is 2. The lowest BCUT2D eigenvalue weighted by atomic mass is 9.81. The van der Waals surface area contributed by atoms with Gasteiger partial charge in [-0.1, -0.05) is 12.5 Å². The molecule has 0 aromatic heterocycles. The number of hydrogen-bond acceptors (Lipinski definition) is 5. The Morgan fingerprint density at radius 1 is 1.38 bits per heavy atom. The van der Waals surface area contributed by atoms with Crippen LogP contribution in [0.25, 0.3) is 0 Å². The highest BCUT2D eigenvalue weighted by atomic mass is 32.2. The summed E-state index contributed by atoms with van der Waals surface area (Å²) in [7, 11) is -3.88. The van der Waals surface area contributed by atoms with Crippen LogP contribution in [0.2, 0.25) is 0 Å². The van der Waals surface area contributed by atoms with Gasteiger partial charge in [-0.3, -0.25) is 4.79 Å². The van der Waals surface area contributed by atoms with Gasteiger partial charge in [0.25, 0.3) is 0 Å². The van der Waals surface area contributed by atoms with Crippen LogP contribution in [-0.2, 0) is 19.6 Å². The van der Waals surface area contributed by atoms with Gasteiger partial charge < -0.3 is 9.84 Å². The molecule has 2 fully saturated rings. The number of sulfonamides is 1. The van der Waals surface area contributed by atoms with Gasteiger partial charge in [-0.2, -0.15) is 4.31 Å². The van der Waals surface area contributed by atoms with E-state index in [0.29, 0.717) is 12.0 Å². The number of ether oxygens (including phenoxy) is 1. The van der Waals surface area contributed by atoms with E-state index in [4.69, 9.17) is 4.74 Å². The van der Waals surface area contributed by atoms with Gasteiger partial charge in [0.15, 0.2) is 0 Å². The number of aryl methyl sites for hydroxylation is 1. The molecule has 3 rings (SSSR count). The summed E-state index contributed by atoms with van der Waals surface area (Å²) >= 11 is 0. The Bertz CT molecular complexity index is 849. The Hall–Kier alpha value is -1.93. The maximum atomic E-state index is 13.1. The summed E-state index contributed by atoms with van der Waals surface area (Å²) < 4.78 is 32.4. The van der Waals surface area contributed by atoms with Gasteiger partial charge in [0.05, 0.1) is 22.5 Å². The molecule has 0 amide bonds. The summed E-state index contributed by atoms with van der Waals surface area (Å²) in [5, 5.41) is 9.66. The topological polar surface area (TPSA) is 101 Å². The standard InChI is InChI=1S/C18H23NO6S/c1-3-25-16(20)15-9-14(7-6-12(15)2)26(23,24)19-10-13-5-4-8-18(13,11-19)17(21)22/h6-7,9,13H,3-5,8,10-11H2,1-2H3,(H,21,22)/t13-,18+/m0/s1. The quantitative estimate of drug-likeness (QED) is 0.784. The van der Waals surface area contributed by atoms with Crippen LogP contribution in [0.4, 0.5) is 0 Å². The average molecular weight is 381 g/mol. The monoisotopic (exact) mass is 381 g/mol. The summed E-state index contributed by atoms with van der Waals surface area (Å²) in [5.41, 5.74) is -0.148. The number of nitrogens with zero attached hydrogens (tertiary/aromatic N) is 1. The fraction of sp³-hybridized carbons (Fsp3) is 0.556. The highest BCUT2D eigenvalue weighted by Gasteiger charge is 2.57. The molecule has 1 saturated heterocycles. The first-order chi connectivity index (χ1) is 12.2. The molecule has 7 nitrogen and oxygen atoms in total. The van der Waals surface area contributed by atoms with Crippen molar-refractivity contribution in [3.8, 4) is 0 Å². The highest BCUT2D eigenvalue weighted by molar-refractivity contribution is 7.89. The summed E-state index contributed by atoms with van der Waals surface area (Å²) in [6.07, 6.45) is 2.03. The number of aliphatic carboxylic acids is 1. The fourth-order valence-corrected chi connectivity index (χ4v) is 5.70. The zero-order valence-electron chi connectivity index (χ0n) is 14.9. The van der Waals surface area contributed by atoms with E-state index < -0.39 is 27.4 Å². The van der Waals surface area contributed by atoms with Crippen molar-refractivity contribution < 1.29 is 27.9 Å². The van der Waals surface area contributed by atoms with Crippen LogP contribution in [0.3, 0.4) is 0 Å². The zero-order valence-corrected chi connectivity index (χ0v) is 15.7. The molecular formula is C18H23NO6S. The molecule has 1 heterocycles. The Kier molecular flexibility index (Phi) is 4.83. The van der Waals surface area contributed by atoms with E-state index in [9.17, 15) is 23.1 Å². The van der Waals surface area contributed by atoms with Crippen molar-refractivity contribution in [1.82, 2.24) is 4.31 Å². The molecule has 1 aromatic carbocycles. The van der Waals surface area contributed by atoms with Crippen molar-refractivity contribution in [2.75, 3.05) is 19.7 Å². The molecule has 0 bridgehead atoms. The van der Waals surface area contributed by atoms with E-state index in [1.807, 2.05) is 0 Å². The third-order valence-corrected chi connectivity index (χ3v) is 7.42. The van der Waals surface area contributed by atoms with Gasteiger partial charge in [-0.25, -0.2) is 13.2 Å². The minimum absolute atomic E-state index is 0.00772.